The number of ether oxygens (including phenoxy) is 2. The molecule has 2 aromatic rings. The van der Waals surface area contributed by atoms with Crippen LogP contribution in [0.2, 0.25) is 0 Å². The van der Waals surface area contributed by atoms with Crippen LogP contribution in [0.3, 0.4) is 0 Å². The Morgan fingerprint density at radius 3 is 2.21 bits per heavy atom. The Morgan fingerprint density at radius 1 is 0.971 bits per heavy atom. The van der Waals surface area contributed by atoms with E-state index < -0.39 is 17.5 Å². The maximum absolute atomic E-state index is 12.2. The van der Waals surface area contributed by atoms with Gasteiger partial charge in [0.15, 0.2) is 0 Å². The van der Waals surface area contributed by atoms with Crippen molar-refractivity contribution in [1.82, 2.24) is 10.6 Å². The van der Waals surface area contributed by atoms with Crippen LogP contribution < -0.4 is 10.6 Å². The topological polar surface area (TPSA) is 114 Å². The highest BCUT2D eigenvalue weighted by molar-refractivity contribution is 5.80. The van der Waals surface area contributed by atoms with E-state index in [9.17, 15) is 19.5 Å². The maximum atomic E-state index is 12.2. The molecule has 8 nitrogen and oxygen atoms in total. The first-order chi connectivity index (χ1) is 16.5. The minimum Gasteiger partial charge on any atom is -0.481 e. The number of nitrogens with one attached hydrogen (secondary N) is 2. The van der Waals surface area contributed by atoms with E-state index in [-0.39, 0.29) is 31.4 Å². The van der Waals surface area contributed by atoms with Gasteiger partial charge in [-0.25, -0.2) is 4.79 Å². The SMILES string of the molecule is O=C(CCCNC(=O)OCC1c2ccccc2-c2ccccc21)NCC1(C(=O)O)CCOCC1. The smallest absolute Gasteiger partial charge is 0.407 e. The van der Waals surface area contributed by atoms with Crippen molar-refractivity contribution >= 4 is 18.0 Å². The number of hydrogen-bond acceptors (Lipinski definition) is 5. The van der Waals surface area contributed by atoms with Gasteiger partial charge in [0.1, 0.15) is 6.61 Å². The van der Waals surface area contributed by atoms with E-state index in [1.54, 1.807) is 0 Å². The number of fused-ring (bicyclic) bond motifs is 3. The molecule has 0 unspecified atom stereocenters. The quantitative estimate of drug-likeness (QED) is 0.489. The van der Waals surface area contributed by atoms with Crippen molar-refractivity contribution in [3.63, 3.8) is 0 Å². The van der Waals surface area contributed by atoms with Crippen LogP contribution in [-0.2, 0) is 19.1 Å². The van der Waals surface area contributed by atoms with E-state index in [4.69, 9.17) is 9.47 Å². The van der Waals surface area contributed by atoms with E-state index >= 15 is 0 Å². The summed E-state index contributed by atoms with van der Waals surface area (Å²) in [5.74, 6) is -1.15. The molecule has 4 rings (SSSR count). The highest BCUT2D eigenvalue weighted by atomic mass is 16.5. The molecule has 0 saturated carbocycles. The van der Waals surface area contributed by atoms with Crippen molar-refractivity contribution in [3.05, 3.63) is 59.7 Å². The molecule has 0 atom stereocenters. The van der Waals surface area contributed by atoms with E-state index in [1.165, 1.54) is 11.1 Å². The molecule has 3 N–H and O–H groups in total. The van der Waals surface area contributed by atoms with Crippen molar-refractivity contribution in [2.75, 3.05) is 32.9 Å². The first-order valence-electron chi connectivity index (χ1n) is 11.7. The van der Waals surface area contributed by atoms with E-state index in [1.807, 2.05) is 24.3 Å². The number of carbonyl (C=O) groups is 3. The standard InChI is InChI=1S/C26H30N2O6/c29-23(28-17-26(24(30)31)11-14-33-15-12-26)10-5-13-27-25(32)34-16-22-20-8-3-1-6-18(20)19-7-2-4-9-21(19)22/h1-4,6-9,22H,5,10-17H2,(H,27,32)(H,28,29)(H,30,31). The third kappa shape index (κ3) is 5.22. The number of rotatable bonds is 9. The fourth-order valence-electron chi connectivity index (χ4n) is 4.67. The van der Waals surface area contributed by atoms with E-state index in [0.29, 0.717) is 39.0 Å². The molecule has 180 valence electrons. The van der Waals surface area contributed by atoms with Crippen molar-refractivity contribution < 1.29 is 29.0 Å². The molecule has 1 aliphatic heterocycles. The summed E-state index contributed by atoms with van der Waals surface area (Å²) >= 11 is 0. The third-order valence-electron chi connectivity index (χ3n) is 6.72. The molecule has 0 spiro atoms. The van der Waals surface area contributed by atoms with Crippen LogP contribution in [0, 0.1) is 5.41 Å². The van der Waals surface area contributed by atoms with E-state index in [0.717, 1.165) is 11.1 Å². The monoisotopic (exact) mass is 466 g/mol. The second-order valence-corrected chi connectivity index (χ2v) is 8.83. The summed E-state index contributed by atoms with van der Waals surface area (Å²) in [5, 5.41) is 15.0. The van der Waals surface area contributed by atoms with Gasteiger partial charge in [0.05, 0.1) is 5.41 Å². The molecule has 2 aliphatic rings. The summed E-state index contributed by atoms with van der Waals surface area (Å²) in [7, 11) is 0. The molecule has 0 bridgehead atoms. The normalized spacial score (nSPS) is 16.2. The van der Waals surface area contributed by atoms with Gasteiger partial charge >= 0.3 is 12.1 Å². The van der Waals surface area contributed by atoms with Crippen LogP contribution in [0.15, 0.2) is 48.5 Å². The number of hydrogen-bond donors (Lipinski definition) is 3. The number of carboxylic acid groups (broad SMARTS) is 1. The Hall–Kier alpha value is -3.39. The number of aliphatic carboxylic acids is 1. The lowest BCUT2D eigenvalue weighted by atomic mass is 9.80. The molecular formula is C26H30N2O6. The number of carbonyl (C=O) groups excluding carboxylic acids is 2. The minimum absolute atomic E-state index is 0.00401. The highest BCUT2D eigenvalue weighted by Crippen LogP contribution is 2.44. The van der Waals surface area contributed by atoms with Gasteiger partial charge in [0.2, 0.25) is 5.91 Å². The van der Waals surface area contributed by atoms with Gasteiger partial charge in [-0.3, -0.25) is 9.59 Å². The zero-order chi connectivity index (χ0) is 24.0. The zero-order valence-electron chi connectivity index (χ0n) is 19.0. The lowest BCUT2D eigenvalue weighted by Crippen LogP contribution is -2.46. The predicted octanol–water partition coefficient (Wildman–Crippen LogP) is 3.30. The van der Waals surface area contributed by atoms with Crippen LogP contribution >= 0.6 is 0 Å². The summed E-state index contributed by atoms with van der Waals surface area (Å²) in [4.78, 5) is 36.0. The minimum atomic E-state index is -0.965. The number of carboxylic acids is 1. The fourth-order valence-corrected chi connectivity index (χ4v) is 4.67. The predicted molar refractivity (Wildman–Crippen MR) is 125 cm³/mol. The van der Waals surface area contributed by atoms with Crippen LogP contribution in [-0.4, -0.2) is 56.0 Å². The van der Waals surface area contributed by atoms with Gasteiger partial charge < -0.3 is 25.2 Å². The maximum Gasteiger partial charge on any atom is 0.407 e. The summed E-state index contributed by atoms with van der Waals surface area (Å²) in [6.45, 7) is 1.38. The average Bonchev–Trinajstić information content (AvgIpc) is 3.18. The Kier molecular flexibility index (Phi) is 7.47. The second kappa shape index (κ2) is 10.7. The lowest BCUT2D eigenvalue weighted by molar-refractivity contribution is -0.154. The summed E-state index contributed by atoms with van der Waals surface area (Å²) < 4.78 is 10.7. The van der Waals surface area contributed by atoms with Crippen molar-refractivity contribution in [2.24, 2.45) is 5.41 Å². The number of benzene rings is 2. The third-order valence-corrected chi connectivity index (χ3v) is 6.72. The van der Waals surface area contributed by atoms with Crippen LogP contribution in [0.1, 0.15) is 42.7 Å². The first-order valence-corrected chi connectivity index (χ1v) is 11.7. The Morgan fingerprint density at radius 2 is 1.59 bits per heavy atom. The number of amides is 2. The van der Waals surface area contributed by atoms with Gasteiger partial charge in [-0.15, -0.1) is 0 Å². The Bertz CT molecular complexity index is 1000. The molecule has 2 aromatic carbocycles. The molecule has 8 heteroatoms. The Balaban J connectivity index is 1.18. The molecule has 1 saturated heterocycles. The molecular weight excluding hydrogens is 436 g/mol. The molecule has 34 heavy (non-hydrogen) atoms. The summed E-state index contributed by atoms with van der Waals surface area (Å²) in [5.41, 5.74) is 3.67. The fraction of sp³-hybridized carbons (Fsp3) is 0.423. The average molecular weight is 467 g/mol. The van der Waals surface area contributed by atoms with Gasteiger partial charge in [-0.05, 0) is 41.5 Å². The van der Waals surface area contributed by atoms with Gasteiger partial charge in [-0.2, -0.15) is 0 Å². The van der Waals surface area contributed by atoms with Crippen LogP contribution in [0.5, 0.6) is 0 Å². The van der Waals surface area contributed by atoms with Gasteiger partial charge in [0.25, 0.3) is 0 Å². The van der Waals surface area contributed by atoms with Crippen LogP contribution in [0.25, 0.3) is 11.1 Å². The number of alkyl carbamates (subject to hydrolysis) is 1. The second-order valence-electron chi connectivity index (χ2n) is 8.83. The largest absolute Gasteiger partial charge is 0.481 e. The zero-order valence-corrected chi connectivity index (χ0v) is 19.0. The molecule has 0 aromatic heterocycles. The molecule has 2 amide bonds. The molecule has 1 heterocycles. The Labute approximate surface area is 198 Å². The van der Waals surface area contributed by atoms with Crippen molar-refractivity contribution in [3.8, 4) is 11.1 Å². The van der Waals surface area contributed by atoms with Gasteiger partial charge in [0, 0.05) is 38.6 Å². The first kappa shape index (κ1) is 23.8. The van der Waals surface area contributed by atoms with Crippen LogP contribution in [0.4, 0.5) is 4.79 Å². The van der Waals surface area contributed by atoms with Crippen molar-refractivity contribution in [1.29, 1.82) is 0 Å². The molecule has 0 radical (unpaired) electrons. The lowest BCUT2D eigenvalue weighted by Gasteiger charge is -2.33. The van der Waals surface area contributed by atoms with Gasteiger partial charge in [-0.1, -0.05) is 48.5 Å². The summed E-state index contributed by atoms with van der Waals surface area (Å²) in [6.07, 6.45) is 0.863. The van der Waals surface area contributed by atoms with E-state index in [2.05, 4.69) is 34.9 Å². The molecule has 1 aliphatic carbocycles. The molecule has 1 fully saturated rings. The van der Waals surface area contributed by atoms with Crippen molar-refractivity contribution in [2.45, 2.75) is 31.6 Å². The highest BCUT2D eigenvalue weighted by Gasteiger charge is 2.40. The summed E-state index contributed by atoms with van der Waals surface area (Å²) in [6, 6.07) is 16.3.